The molecule has 3 heteroatoms. The van der Waals surface area contributed by atoms with Crippen LogP contribution in [-0.2, 0) is 0 Å². The molecule has 2 atom stereocenters. The number of hydrogen-bond acceptors (Lipinski definition) is 2. The van der Waals surface area contributed by atoms with E-state index in [4.69, 9.17) is 0 Å². The maximum Gasteiger partial charge on any atom is 0.0747 e. The van der Waals surface area contributed by atoms with Crippen molar-refractivity contribution in [2.24, 2.45) is 0 Å². The summed E-state index contributed by atoms with van der Waals surface area (Å²) in [6, 6.07) is 0.709. The fourth-order valence-corrected chi connectivity index (χ4v) is 2.54. The van der Waals surface area contributed by atoms with Gasteiger partial charge in [0.15, 0.2) is 0 Å². The second-order valence-corrected chi connectivity index (χ2v) is 4.61. The van der Waals surface area contributed by atoms with Crippen molar-refractivity contribution in [2.45, 2.75) is 17.0 Å². The van der Waals surface area contributed by atoms with Crippen LogP contribution in [0, 0.1) is 0 Å². The lowest BCUT2D eigenvalue weighted by Gasteiger charge is -2.39. The number of likely N-dealkylation sites (N-methyl/N-ethyl adjacent to an activating group) is 2. The van der Waals surface area contributed by atoms with Gasteiger partial charge in [-0.3, -0.25) is 4.90 Å². The van der Waals surface area contributed by atoms with Crippen LogP contribution in [0.3, 0.4) is 0 Å². The van der Waals surface area contributed by atoms with Crippen molar-refractivity contribution in [2.75, 3.05) is 27.2 Å². The molecular weight excluding hydrogens is 239 g/mol. The minimum absolute atomic E-state index is 0.686. The van der Waals surface area contributed by atoms with E-state index in [1.54, 1.807) is 0 Å². The fraction of sp³-hybridized carbons (Fsp3) is 1.00. The van der Waals surface area contributed by atoms with Gasteiger partial charge in [-0.05, 0) is 21.0 Å². The lowest BCUT2D eigenvalue weighted by molar-refractivity contribution is 0.116. The summed E-state index contributed by atoms with van der Waals surface area (Å²) < 4.78 is 0.686. The topological polar surface area (TPSA) is 6.48 Å². The Morgan fingerprint density at radius 1 is 1.30 bits per heavy atom. The molecule has 1 saturated heterocycles. The highest BCUT2D eigenvalue weighted by Crippen LogP contribution is 2.16. The first kappa shape index (κ1) is 8.74. The molecule has 0 aromatic rings. The minimum atomic E-state index is 0.686. The molecule has 0 radical (unpaired) electrons. The number of rotatable bonds is 0. The van der Waals surface area contributed by atoms with E-state index < -0.39 is 0 Å². The Morgan fingerprint density at radius 2 is 1.90 bits per heavy atom. The monoisotopic (exact) mass is 254 g/mol. The van der Waals surface area contributed by atoms with Gasteiger partial charge in [0.1, 0.15) is 0 Å². The molecule has 0 N–H and O–H groups in total. The van der Waals surface area contributed by atoms with Gasteiger partial charge in [-0.25, -0.2) is 0 Å². The van der Waals surface area contributed by atoms with Gasteiger partial charge in [-0.2, -0.15) is 0 Å². The smallest absolute Gasteiger partial charge is 0.0747 e. The van der Waals surface area contributed by atoms with Crippen molar-refractivity contribution in [3.63, 3.8) is 0 Å². The molecule has 1 aliphatic heterocycles. The Morgan fingerprint density at radius 3 is 2.40 bits per heavy atom. The van der Waals surface area contributed by atoms with E-state index in [0.717, 1.165) is 0 Å². The highest BCUT2D eigenvalue weighted by Gasteiger charge is 2.24. The minimum Gasteiger partial charge on any atom is -0.302 e. The molecule has 0 bridgehead atoms. The average molecular weight is 254 g/mol. The molecule has 60 valence electrons. The zero-order chi connectivity index (χ0) is 7.72. The second kappa shape index (κ2) is 3.36. The van der Waals surface area contributed by atoms with Gasteiger partial charge < -0.3 is 4.90 Å². The van der Waals surface area contributed by atoms with Crippen molar-refractivity contribution in [1.82, 2.24) is 9.80 Å². The van der Waals surface area contributed by atoms with Gasteiger partial charge in [0.25, 0.3) is 0 Å². The maximum atomic E-state index is 2.50. The predicted octanol–water partition coefficient (Wildman–Crippen LogP) is 1.01. The summed E-state index contributed by atoms with van der Waals surface area (Å²) >= 11 is 2.50. The van der Waals surface area contributed by atoms with Crippen molar-refractivity contribution in [1.29, 1.82) is 0 Å². The summed E-state index contributed by atoms with van der Waals surface area (Å²) in [5, 5.41) is 0. The largest absolute Gasteiger partial charge is 0.302 e. The van der Waals surface area contributed by atoms with E-state index in [1.807, 2.05) is 0 Å². The van der Waals surface area contributed by atoms with Crippen molar-refractivity contribution < 1.29 is 0 Å². The van der Waals surface area contributed by atoms with Gasteiger partial charge in [0.05, 0.1) is 4.05 Å². The van der Waals surface area contributed by atoms with E-state index >= 15 is 0 Å². The first-order valence-corrected chi connectivity index (χ1v) is 4.90. The summed E-state index contributed by atoms with van der Waals surface area (Å²) in [5.74, 6) is 0. The molecule has 2 nitrogen and oxygen atoms in total. The molecule has 0 aromatic carbocycles. The van der Waals surface area contributed by atoms with Gasteiger partial charge in [-0.1, -0.05) is 22.6 Å². The zero-order valence-electron chi connectivity index (χ0n) is 6.84. The molecule has 1 fully saturated rings. The number of alkyl halides is 1. The molecule has 10 heavy (non-hydrogen) atoms. The second-order valence-electron chi connectivity index (χ2n) is 3.17. The summed E-state index contributed by atoms with van der Waals surface area (Å²) in [7, 11) is 4.39. The molecule has 0 unspecified atom stereocenters. The molecule has 1 rings (SSSR count). The summed E-state index contributed by atoms with van der Waals surface area (Å²) in [5.41, 5.74) is 0. The van der Waals surface area contributed by atoms with Crippen LogP contribution in [0.2, 0.25) is 0 Å². The standard InChI is InChI=1S/C7H15IN2/c1-6-4-9(2)5-7(8)10(6)3/h6-7H,4-5H2,1-3H3/t6-,7-/m0/s1. The Labute approximate surface area is 76.7 Å². The van der Waals surface area contributed by atoms with Crippen LogP contribution in [0.15, 0.2) is 0 Å². The Hall–Kier alpha value is 0.650. The third-order valence-electron chi connectivity index (χ3n) is 2.18. The van der Waals surface area contributed by atoms with E-state index in [2.05, 4.69) is 53.4 Å². The van der Waals surface area contributed by atoms with Crippen LogP contribution in [0.1, 0.15) is 6.92 Å². The van der Waals surface area contributed by atoms with Crippen LogP contribution < -0.4 is 0 Å². The summed E-state index contributed by atoms with van der Waals surface area (Å²) in [6.07, 6.45) is 0. The Balaban J connectivity index is 2.49. The van der Waals surface area contributed by atoms with Crippen LogP contribution in [0.25, 0.3) is 0 Å². The molecule has 0 spiro atoms. The number of nitrogens with zero attached hydrogens (tertiary/aromatic N) is 2. The SMILES string of the molecule is C[C@H]1CN(C)C[C@@H](I)N1C. The normalized spacial score (nSPS) is 38.4. The van der Waals surface area contributed by atoms with Crippen LogP contribution in [-0.4, -0.2) is 47.1 Å². The molecule has 1 aliphatic rings. The molecule has 0 aromatic heterocycles. The van der Waals surface area contributed by atoms with Gasteiger partial charge in [-0.15, -0.1) is 0 Å². The van der Waals surface area contributed by atoms with Crippen molar-refractivity contribution in [3.8, 4) is 0 Å². The van der Waals surface area contributed by atoms with E-state index in [1.165, 1.54) is 13.1 Å². The first-order valence-electron chi connectivity index (χ1n) is 3.66. The van der Waals surface area contributed by atoms with Crippen LogP contribution in [0.4, 0.5) is 0 Å². The zero-order valence-corrected chi connectivity index (χ0v) is 9.00. The van der Waals surface area contributed by atoms with Gasteiger partial charge >= 0.3 is 0 Å². The van der Waals surface area contributed by atoms with Crippen LogP contribution in [0.5, 0.6) is 0 Å². The Kier molecular flexibility index (Phi) is 2.94. The first-order chi connectivity index (χ1) is 4.61. The van der Waals surface area contributed by atoms with Crippen LogP contribution >= 0.6 is 22.6 Å². The van der Waals surface area contributed by atoms with Gasteiger partial charge in [0.2, 0.25) is 0 Å². The third kappa shape index (κ3) is 1.83. The molecule has 0 amide bonds. The summed E-state index contributed by atoms with van der Waals surface area (Å²) in [4.78, 5) is 4.82. The average Bonchev–Trinajstić information content (AvgIpc) is 1.82. The molecule has 0 aliphatic carbocycles. The lowest BCUT2D eigenvalue weighted by Crippen LogP contribution is -2.52. The van der Waals surface area contributed by atoms with Crippen molar-refractivity contribution in [3.05, 3.63) is 0 Å². The predicted molar refractivity (Wildman–Crippen MR) is 52.5 cm³/mol. The highest BCUT2D eigenvalue weighted by molar-refractivity contribution is 14.1. The molecule has 1 heterocycles. The third-order valence-corrected chi connectivity index (χ3v) is 3.45. The molecule has 0 saturated carbocycles. The molecular formula is C7H15IN2. The van der Waals surface area contributed by atoms with Gasteiger partial charge in [0, 0.05) is 19.1 Å². The number of halogens is 1. The van der Waals surface area contributed by atoms with Crippen molar-refractivity contribution >= 4 is 22.6 Å². The number of piperazine rings is 1. The van der Waals surface area contributed by atoms with E-state index in [9.17, 15) is 0 Å². The fourth-order valence-electron chi connectivity index (χ4n) is 1.32. The lowest BCUT2D eigenvalue weighted by atomic mass is 10.2. The van der Waals surface area contributed by atoms with E-state index in [-0.39, 0.29) is 0 Å². The van der Waals surface area contributed by atoms with E-state index in [0.29, 0.717) is 10.1 Å². The number of hydrogen-bond donors (Lipinski definition) is 0. The quantitative estimate of drug-likeness (QED) is 0.361. The highest BCUT2D eigenvalue weighted by atomic mass is 127. The maximum absolute atomic E-state index is 2.50. The Bertz CT molecular complexity index is 106. The summed E-state index contributed by atoms with van der Waals surface area (Å²) in [6.45, 7) is 4.68.